The fourth-order valence-electron chi connectivity index (χ4n) is 3.70. The summed E-state index contributed by atoms with van der Waals surface area (Å²) < 4.78 is 36.0. The van der Waals surface area contributed by atoms with Crippen molar-refractivity contribution in [3.05, 3.63) is 40.8 Å². The number of rotatable bonds is 7. The highest BCUT2D eigenvalue weighted by Crippen LogP contribution is 2.35. The third-order valence-corrected chi connectivity index (χ3v) is 5.83. The number of nitrogens with one attached hydrogen (secondary N) is 2. The third-order valence-electron chi connectivity index (χ3n) is 5.30. The van der Waals surface area contributed by atoms with Gasteiger partial charge in [0.15, 0.2) is 0 Å². The Morgan fingerprint density at radius 3 is 2.56 bits per heavy atom. The zero-order valence-corrected chi connectivity index (χ0v) is 19.4. The van der Waals surface area contributed by atoms with Crippen molar-refractivity contribution >= 4 is 27.9 Å². The van der Waals surface area contributed by atoms with Crippen LogP contribution in [0.15, 0.2) is 34.9 Å². The van der Waals surface area contributed by atoms with E-state index in [9.17, 15) is 18.4 Å². The lowest BCUT2D eigenvalue weighted by Crippen LogP contribution is -2.51. The largest absolute Gasteiger partial charge is 0.453 e. The van der Waals surface area contributed by atoms with Gasteiger partial charge in [0.1, 0.15) is 11.9 Å². The number of benzene rings is 1. The number of imidazole rings is 1. The number of hydrogen-bond acceptors (Lipinski definition) is 5. The van der Waals surface area contributed by atoms with E-state index in [-0.39, 0.29) is 18.9 Å². The second-order valence-electron chi connectivity index (χ2n) is 7.81. The second-order valence-corrected chi connectivity index (χ2v) is 8.72. The summed E-state index contributed by atoms with van der Waals surface area (Å²) in [4.78, 5) is 34.1. The summed E-state index contributed by atoms with van der Waals surface area (Å²) >= 11 is 3.39. The van der Waals surface area contributed by atoms with Crippen LogP contribution < -0.4 is 5.32 Å². The maximum atomic E-state index is 13.3. The molecule has 32 heavy (non-hydrogen) atoms. The maximum Gasteiger partial charge on any atom is 0.407 e. The molecule has 2 amide bonds. The molecule has 1 fully saturated rings. The predicted octanol–water partition coefficient (Wildman–Crippen LogP) is 4.10. The molecule has 3 rings (SSSR count). The SMILES string of the molecule is COC(=O)NC(C(=O)N1C[C@@H](OC(F)F)C[C@H]1c1ncc(-c2ccc(Br)cc2)[nH]1)C(C)C. The van der Waals surface area contributed by atoms with Crippen molar-refractivity contribution in [2.45, 2.75) is 45.1 Å². The molecule has 1 aliphatic heterocycles. The summed E-state index contributed by atoms with van der Waals surface area (Å²) in [5.74, 6) is -0.221. The van der Waals surface area contributed by atoms with E-state index < -0.39 is 36.8 Å². The molecule has 3 atom stereocenters. The minimum atomic E-state index is -2.96. The lowest BCUT2D eigenvalue weighted by molar-refractivity contribution is -0.160. The zero-order chi connectivity index (χ0) is 23.4. The van der Waals surface area contributed by atoms with Gasteiger partial charge in [-0.25, -0.2) is 9.78 Å². The average molecular weight is 515 g/mol. The fraction of sp³-hybridized carbons (Fsp3) is 0.476. The molecule has 2 heterocycles. The van der Waals surface area contributed by atoms with Crippen LogP contribution in [0, 0.1) is 5.92 Å². The number of aromatic nitrogens is 2. The molecule has 2 N–H and O–H groups in total. The molecule has 1 aromatic heterocycles. The Balaban J connectivity index is 1.88. The zero-order valence-electron chi connectivity index (χ0n) is 17.8. The molecule has 1 saturated heterocycles. The van der Waals surface area contributed by atoms with E-state index in [0.29, 0.717) is 5.82 Å². The number of amides is 2. The molecule has 2 aromatic rings. The van der Waals surface area contributed by atoms with Gasteiger partial charge in [-0.15, -0.1) is 0 Å². The molecular formula is C21H25BrF2N4O4. The highest BCUT2D eigenvalue weighted by Gasteiger charge is 2.42. The Bertz CT molecular complexity index is 938. The van der Waals surface area contributed by atoms with Crippen LogP contribution in [0.4, 0.5) is 13.6 Å². The van der Waals surface area contributed by atoms with Crippen LogP contribution in [0.25, 0.3) is 11.3 Å². The minimum absolute atomic E-state index is 0.0474. The number of ether oxygens (including phenoxy) is 2. The molecule has 11 heteroatoms. The van der Waals surface area contributed by atoms with Crippen molar-refractivity contribution in [3.63, 3.8) is 0 Å². The highest BCUT2D eigenvalue weighted by molar-refractivity contribution is 9.10. The second kappa shape index (κ2) is 10.4. The van der Waals surface area contributed by atoms with Gasteiger partial charge in [0, 0.05) is 17.4 Å². The first-order chi connectivity index (χ1) is 15.2. The van der Waals surface area contributed by atoms with Crippen LogP contribution in [0.2, 0.25) is 0 Å². The number of aromatic amines is 1. The summed E-state index contributed by atoms with van der Waals surface area (Å²) in [7, 11) is 1.20. The summed E-state index contributed by atoms with van der Waals surface area (Å²) in [5, 5.41) is 2.53. The maximum absolute atomic E-state index is 13.3. The molecule has 0 saturated carbocycles. The van der Waals surface area contributed by atoms with Gasteiger partial charge in [-0.05, 0) is 23.6 Å². The molecular weight excluding hydrogens is 490 g/mol. The Morgan fingerprint density at radius 2 is 1.97 bits per heavy atom. The Hall–Kier alpha value is -2.53. The van der Waals surface area contributed by atoms with Crippen LogP contribution in [0.1, 0.15) is 32.1 Å². The van der Waals surface area contributed by atoms with Gasteiger partial charge in [0.2, 0.25) is 5.91 Å². The number of carbonyl (C=O) groups excluding carboxylic acids is 2. The predicted molar refractivity (Wildman–Crippen MR) is 116 cm³/mol. The van der Waals surface area contributed by atoms with E-state index in [2.05, 4.69) is 36.0 Å². The number of likely N-dealkylation sites (tertiary alicyclic amines) is 1. The normalized spacial score (nSPS) is 19.4. The molecule has 8 nitrogen and oxygen atoms in total. The smallest absolute Gasteiger partial charge is 0.407 e. The van der Waals surface area contributed by atoms with Crippen LogP contribution in [0.5, 0.6) is 0 Å². The number of methoxy groups -OCH3 is 1. The monoisotopic (exact) mass is 514 g/mol. The van der Waals surface area contributed by atoms with Crippen LogP contribution in [-0.4, -0.2) is 59.3 Å². The first-order valence-electron chi connectivity index (χ1n) is 10.1. The average Bonchev–Trinajstić information content (AvgIpc) is 3.38. The number of halogens is 3. The summed E-state index contributed by atoms with van der Waals surface area (Å²) in [6.07, 6.45) is 0.168. The van der Waals surface area contributed by atoms with Gasteiger partial charge in [0.05, 0.1) is 31.1 Å². The Morgan fingerprint density at radius 1 is 1.28 bits per heavy atom. The standard InChI is InChI=1S/C21H25BrF2N4O4/c1-11(2)17(27-21(30)31-3)19(29)28-10-14(32-20(23)24)8-16(28)18-25-9-15(26-18)12-4-6-13(22)7-5-12/h4-7,9,11,14,16-17,20H,8,10H2,1-3H3,(H,25,26)(H,27,30)/t14-,16-,17?/m0/s1. The van der Waals surface area contributed by atoms with Gasteiger partial charge >= 0.3 is 12.7 Å². The quantitative estimate of drug-likeness (QED) is 0.579. The molecule has 0 radical (unpaired) electrons. The molecule has 0 bridgehead atoms. The van der Waals surface area contributed by atoms with E-state index in [4.69, 9.17) is 4.74 Å². The summed E-state index contributed by atoms with van der Waals surface area (Å²) in [5.41, 5.74) is 1.61. The minimum Gasteiger partial charge on any atom is -0.453 e. The van der Waals surface area contributed by atoms with E-state index >= 15 is 0 Å². The Kier molecular flexibility index (Phi) is 7.83. The number of alkyl carbamates (subject to hydrolysis) is 1. The molecule has 0 aliphatic carbocycles. The summed E-state index contributed by atoms with van der Waals surface area (Å²) in [6.45, 7) is 0.540. The van der Waals surface area contributed by atoms with Crippen LogP contribution in [-0.2, 0) is 14.3 Å². The lowest BCUT2D eigenvalue weighted by atomic mass is 10.0. The van der Waals surface area contributed by atoms with Crippen LogP contribution in [0.3, 0.4) is 0 Å². The number of hydrogen-bond donors (Lipinski definition) is 2. The fourth-order valence-corrected chi connectivity index (χ4v) is 3.97. The topological polar surface area (TPSA) is 96.6 Å². The van der Waals surface area contributed by atoms with Crippen molar-refractivity contribution < 1.29 is 27.8 Å². The first-order valence-corrected chi connectivity index (χ1v) is 10.9. The van der Waals surface area contributed by atoms with E-state index in [0.717, 1.165) is 15.7 Å². The number of carbonyl (C=O) groups is 2. The van der Waals surface area contributed by atoms with E-state index in [1.54, 1.807) is 20.0 Å². The van der Waals surface area contributed by atoms with Crippen molar-refractivity contribution in [2.75, 3.05) is 13.7 Å². The Labute approximate surface area is 192 Å². The molecule has 0 spiro atoms. The van der Waals surface area contributed by atoms with Gasteiger partial charge in [-0.1, -0.05) is 41.9 Å². The molecule has 174 valence electrons. The lowest BCUT2D eigenvalue weighted by Gasteiger charge is -2.29. The van der Waals surface area contributed by atoms with Crippen molar-refractivity contribution in [2.24, 2.45) is 5.92 Å². The van der Waals surface area contributed by atoms with Gasteiger partial charge < -0.3 is 24.7 Å². The van der Waals surface area contributed by atoms with E-state index in [1.165, 1.54) is 12.0 Å². The van der Waals surface area contributed by atoms with Crippen LogP contribution >= 0.6 is 15.9 Å². The number of alkyl halides is 2. The third kappa shape index (κ3) is 5.63. The number of H-pyrrole nitrogens is 1. The van der Waals surface area contributed by atoms with Gasteiger partial charge in [0.25, 0.3) is 0 Å². The van der Waals surface area contributed by atoms with Gasteiger partial charge in [-0.3, -0.25) is 4.79 Å². The van der Waals surface area contributed by atoms with Crippen molar-refractivity contribution in [1.82, 2.24) is 20.2 Å². The molecule has 1 aromatic carbocycles. The highest BCUT2D eigenvalue weighted by atomic mass is 79.9. The van der Waals surface area contributed by atoms with E-state index in [1.807, 2.05) is 24.3 Å². The number of nitrogens with zero attached hydrogens (tertiary/aromatic N) is 2. The van der Waals surface area contributed by atoms with Crippen molar-refractivity contribution in [1.29, 1.82) is 0 Å². The van der Waals surface area contributed by atoms with Gasteiger partial charge in [-0.2, -0.15) is 8.78 Å². The van der Waals surface area contributed by atoms with Crippen molar-refractivity contribution in [3.8, 4) is 11.3 Å². The molecule has 1 unspecified atom stereocenters. The molecule has 1 aliphatic rings. The first kappa shape index (κ1) is 24.1. The summed E-state index contributed by atoms with van der Waals surface area (Å²) in [6, 6.07) is 6.07.